The van der Waals surface area contributed by atoms with Gasteiger partial charge in [-0.05, 0) is 57.9 Å². The third-order valence-corrected chi connectivity index (χ3v) is 11.9. The molecule has 1 saturated heterocycles. The molecule has 9 heteroatoms. The van der Waals surface area contributed by atoms with Gasteiger partial charge in [0.05, 0.1) is 17.6 Å². The van der Waals surface area contributed by atoms with Crippen molar-refractivity contribution in [1.82, 2.24) is 0 Å². The van der Waals surface area contributed by atoms with E-state index in [1.807, 2.05) is 33.8 Å². The minimum atomic E-state index is -1.53. The number of hydrogen-bond donors (Lipinski definition) is 3. The van der Waals surface area contributed by atoms with Crippen LogP contribution in [-0.2, 0) is 28.6 Å². The molecule has 0 bridgehead atoms. The van der Waals surface area contributed by atoms with E-state index < -0.39 is 64.4 Å². The summed E-state index contributed by atoms with van der Waals surface area (Å²) in [5, 5.41) is 34.3. The van der Waals surface area contributed by atoms with Crippen molar-refractivity contribution in [2.75, 3.05) is 0 Å². The Bertz CT molecular complexity index is 1220. The van der Waals surface area contributed by atoms with E-state index in [1.165, 1.54) is 6.92 Å². The fourth-order valence-corrected chi connectivity index (χ4v) is 9.50. The van der Waals surface area contributed by atoms with Crippen LogP contribution >= 0.6 is 0 Å². The van der Waals surface area contributed by atoms with Crippen molar-refractivity contribution in [3.63, 3.8) is 0 Å². The Kier molecular flexibility index (Phi) is 5.73. The average Bonchev–Trinajstić information content (AvgIpc) is 3.56. The standard InChI is InChI=1S/C30H40O9/c1-13-9-21(38-26(35)14(13)2)15(3)18-10-23(37-16(4)31)29(36)19-11-24-30(39-24)25(34)20(32)12-22(33)28(30,6)17(19)7-8-27(18,29)5/h10,15,17,19-21,23-25,32,34,36H,7-9,11-12H2,1-6H3/t15-,17-,19+,20-,21+,23-,24+,25-,27+,28-,29-,30-/m0/s1. The maximum absolute atomic E-state index is 13.6. The number of fused-ring (bicyclic) bond motifs is 4. The van der Waals surface area contributed by atoms with Crippen LogP contribution in [0.5, 0.6) is 0 Å². The number of epoxide rings is 1. The molecule has 4 fully saturated rings. The summed E-state index contributed by atoms with van der Waals surface area (Å²) in [5.41, 5.74) is -2.12. The van der Waals surface area contributed by atoms with Crippen molar-refractivity contribution in [2.45, 2.75) is 115 Å². The van der Waals surface area contributed by atoms with Gasteiger partial charge in [0.1, 0.15) is 35.3 Å². The highest BCUT2D eigenvalue weighted by Crippen LogP contribution is 2.74. The van der Waals surface area contributed by atoms with Crippen LogP contribution in [0.15, 0.2) is 22.8 Å². The Labute approximate surface area is 228 Å². The highest BCUT2D eigenvalue weighted by atomic mass is 16.6. The Morgan fingerprint density at radius 2 is 1.85 bits per heavy atom. The van der Waals surface area contributed by atoms with Crippen LogP contribution in [0.25, 0.3) is 0 Å². The summed E-state index contributed by atoms with van der Waals surface area (Å²) in [5.74, 6) is -2.07. The zero-order valence-electron chi connectivity index (χ0n) is 23.5. The Balaban J connectivity index is 1.41. The van der Waals surface area contributed by atoms with E-state index in [4.69, 9.17) is 14.2 Å². The number of rotatable bonds is 3. The van der Waals surface area contributed by atoms with Gasteiger partial charge in [0, 0.05) is 36.7 Å². The lowest BCUT2D eigenvalue weighted by atomic mass is 9.42. The van der Waals surface area contributed by atoms with Gasteiger partial charge in [-0.2, -0.15) is 0 Å². The van der Waals surface area contributed by atoms with Crippen LogP contribution in [-0.4, -0.2) is 74.8 Å². The summed E-state index contributed by atoms with van der Waals surface area (Å²) in [4.78, 5) is 38.5. The zero-order valence-corrected chi connectivity index (χ0v) is 23.5. The molecule has 0 radical (unpaired) electrons. The van der Waals surface area contributed by atoms with Gasteiger partial charge in [-0.25, -0.2) is 4.79 Å². The molecule has 12 atom stereocenters. The minimum Gasteiger partial charge on any atom is -0.458 e. The predicted octanol–water partition coefficient (Wildman–Crippen LogP) is 2.15. The van der Waals surface area contributed by atoms with Gasteiger partial charge in [-0.1, -0.05) is 25.0 Å². The number of carbonyl (C=O) groups is 3. The number of hydrogen-bond acceptors (Lipinski definition) is 9. The van der Waals surface area contributed by atoms with Gasteiger partial charge in [-0.15, -0.1) is 0 Å². The number of ether oxygens (including phenoxy) is 3. The third-order valence-electron chi connectivity index (χ3n) is 11.9. The number of ketones is 1. The van der Waals surface area contributed by atoms with Gasteiger partial charge >= 0.3 is 11.9 Å². The number of esters is 2. The highest BCUT2D eigenvalue weighted by Gasteiger charge is 2.84. The topological polar surface area (TPSA) is 143 Å². The molecule has 0 aromatic carbocycles. The second-order valence-corrected chi connectivity index (χ2v) is 13.4. The number of aliphatic hydroxyl groups excluding tert-OH is 2. The summed E-state index contributed by atoms with van der Waals surface area (Å²) >= 11 is 0. The first-order valence-corrected chi connectivity index (χ1v) is 14.2. The maximum atomic E-state index is 13.6. The molecule has 9 nitrogen and oxygen atoms in total. The molecule has 0 unspecified atom stereocenters. The monoisotopic (exact) mass is 544 g/mol. The quantitative estimate of drug-likeness (QED) is 0.277. The third kappa shape index (κ3) is 3.13. The zero-order chi connectivity index (χ0) is 28.4. The lowest BCUT2D eigenvalue weighted by molar-refractivity contribution is -0.232. The fourth-order valence-electron chi connectivity index (χ4n) is 9.50. The number of aliphatic hydroxyl groups is 3. The molecule has 6 aliphatic rings. The molecule has 3 N–H and O–H groups in total. The molecule has 3 saturated carbocycles. The van der Waals surface area contributed by atoms with Crippen molar-refractivity contribution in [3.05, 3.63) is 22.8 Å². The summed E-state index contributed by atoms with van der Waals surface area (Å²) < 4.78 is 17.8. The lowest BCUT2D eigenvalue weighted by Crippen LogP contribution is -2.72. The van der Waals surface area contributed by atoms with Gasteiger partial charge in [0.2, 0.25) is 0 Å². The van der Waals surface area contributed by atoms with E-state index in [-0.39, 0.29) is 30.0 Å². The molecule has 6 rings (SSSR count). The smallest absolute Gasteiger partial charge is 0.333 e. The number of carbonyl (C=O) groups excluding carboxylic acids is 3. The Hall–Kier alpha value is -2.07. The molecule has 39 heavy (non-hydrogen) atoms. The number of cyclic esters (lactones) is 1. The fraction of sp³-hybridized carbons (Fsp3) is 0.767. The second kappa shape index (κ2) is 8.24. The van der Waals surface area contributed by atoms with Crippen molar-refractivity contribution < 1.29 is 43.9 Å². The van der Waals surface area contributed by atoms with Gasteiger partial charge in [0.15, 0.2) is 0 Å². The first-order valence-electron chi connectivity index (χ1n) is 14.2. The first kappa shape index (κ1) is 27.1. The van der Waals surface area contributed by atoms with E-state index >= 15 is 0 Å². The Morgan fingerprint density at radius 3 is 2.49 bits per heavy atom. The Morgan fingerprint density at radius 1 is 1.15 bits per heavy atom. The minimum absolute atomic E-state index is 0.165. The van der Waals surface area contributed by atoms with Crippen LogP contribution in [0.3, 0.4) is 0 Å². The normalized spacial score (nSPS) is 51.1. The molecular formula is C30H40O9. The molecule has 0 amide bonds. The average molecular weight is 545 g/mol. The van der Waals surface area contributed by atoms with E-state index in [1.54, 1.807) is 6.92 Å². The van der Waals surface area contributed by atoms with Crippen LogP contribution in [0.2, 0.25) is 0 Å². The largest absolute Gasteiger partial charge is 0.458 e. The van der Waals surface area contributed by atoms with E-state index in [0.29, 0.717) is 31.3 Å². The summed E-state index contributed by atoms with van der Waals surface area (Å²) in [6, 6.07) is 0. The van der Waals surface area contributed by atoms with E-state index in [9.17, 15) is 29.7 Å². The summed E-state index contributed by atoms with van der Waals surface area (Å²) in [6.07, 6.45) is -0.497. The summed E-state index contributed by atoms with van der Waals surface area (Å²) in [6.45, 7) is 10.8. The molecule has 214 valence electrons. The van der Waals surface area contributed by atoms with Gasteiger partial charge < -0.3 is 29.5 Å². The van der Waals surface area contributed by atoms with Crippen molar-refractivity contribution in [3.8, 4) is 0 Å². The molecule has 2 aliphatic heterocycles. The maximum Gasteiger partial charge on any atom is 0.333 e. The molecular weight excluding hydrogens is 504 g/mol. The van der Waals surface area contributed by atoms with Crippen molar-refractivity contribution in [1.29, 1.82) is 0 Å². The SMILES string of the molecule is CC(=O)O[C@H]1C=C([C@H](C)[C@H]2CC(C)=C(C)C(=O)O2)[C@@]2(C)CC[C@H]3[C@@H](C[C@H]4O[C@]45[C@@H](O)[C@@H](O)CC(=O)[C@]35C)[C@]12O. The highest BCUT2D eigenvalue weighted by molar-refractivity contribution is 5.90. The predicted molar refractivity (Wildman–Crippen MR) is 137 cm³/mol. The van der Waals surface area contributed by atoms with Crippen LogP contribution < -0.4 is 0 Å². The molecule has 0 aromatic rings. The lowest BCUT2D eigenvalue weighted by Gasteiger charge is -2.62. The van der Waals surface area contributed by atoms with Gasteiger partial charge in [-0.3, -0.25) is 9.59 Å². The molecule has 0 aromatic heterocycles. The van der Waals surface area contributed by atoms with Crippen LogP contribution in [0.4, 0.5) is 0 Å². The molecule has 4 aliphatic carbocycles. The van der Waals surface area contributed by atoms with Crippen LogP contribution in [0, 0.1) is 28.6 Å². The molecule has 1 spiro atoms. The number of Topliss-reactive ketones (excluding diaryl/α,β-unsaturated/α-hetero) is 1. The second-order valence-electron chi connectivity index (χ2n) is 13.4. The van der Waals surface area contributed by atoms with Crippen molar-refractivity contribution >= 4 is 17.7 Å². The van der Waals surface area contributed by atoms with Crippen molar-refractivity contribution in [2.24, 2.45) is 28.6 Å². The van der Waals surface area contributed by atoms with E-state index in [2.05, 4.69) is 0 Å². The van der Waals surface area contributed by atoms with Crippen LogP contribution in [0.1, 0.15) is 73.6 Å². The van der Waals surface area contributed by atoms with E-state index in [0.717, 1.165) is 11.1 Å². The first-order chi connectivity index (χ1) is 18.1. The molecule has 2 heterocycles. The summed E-state index contributed by atoms with van der Waals surface area (Å²) in [7, 11) is 0. The van der Waals surface area contributed by atoms with Gasteiger partial charge in [0.25, 0.3) is 0 Å².